The average Bonchev–Trinajstić information content (AvgIpc) is 2.68. The van der Waals surface area contributed by atoms with Gasteiger partial charge in [-0.3, -0.25) is 10.1 Å². The van der Waals surface area contributed by atoms with Gasteiger partial charge in [0.2, 0.25) is 5.82 Å². The fourth-order valence-electron chi connectivity index (χ4n) is 2.67. The number of anilines is 2. The molecule has 1 aliphatic heterocycles. The van der Waals surface area contributed by atoms with Crippen LogP contribution >= 0.6 is 0 Å². The molecule has 104 valence electrons. The monoisotopic (exact) mass is 264 g/mol. The largest absolute Gasteiger partial charge is 0.370 e. The summed E-state index contributed by atoms with van der Waals surface area (Å²) in [6.45, 7) is 7.80. The van der Waals surface area contributed by atoms with Gasteiger partial charge in [-0.2, -0.15) is 0 Å². The molecule has 6 nitrogen and oxygen atoms in total. The third-order valence-electron chi connectivity index (χ3n) is 3.47. The van der Waals surface area contributed by atoms with Crippen molar-refractivity contribution in [3.8, 4) is 0 Å². The Morgan fingerprint density at radius 3 is 2.79 bits per heavy atom. The fourth-order valence-corrected chi connectivity index (χ4v) is 2.67. The molecule has 2 rings (SSSR count). The average molecular weight is 264 g/mol. The minimum Gasteiger partial charge on any atom is -0.370 e. The molecule has 2 atom stereocenters. The van der Waals surface area contributed by atoms with Crippen LogP contribution in [0, 0.1) is 16.0 Å². The highest BCUT2D eigenvalue weighted by Crippen LogP contribution is 2.34. The number of aromatic nitrogens is 1. The molecular weight excluding hydrogens is 244 g/mol. The third kappa shape index (κ3) is 2.77. The molecule has 6 heteroatoms. The number of pyridine rings is 1. The lowest BCUT2D eigenvalue weighted by atomic mass is 10.1. The molecule has 1 aliphatic rings. The lowest BCUT2D eigenvalue weighted by Gasteiger charge is -2.22. The molecule has 1 aromatic heterocycles. The van der Waals surface area contributed by atoms with Gasteiger partial charge in [0.25, 0.3) is 0 Å². The van der Waals surface area contributed by atoms with E-state index in [1.165, 1.54) is 6.07 Å². The van der Waals surface area contributed by atoms with Crippen LogP contribution in [0.5, 0.6) is 0 Å². The summed E-state index contributed by atoms with van der Waals surface area (Å²) in [5.41, 5.74) is 0.0857. The van der Waals surface area contributed by atoms with E-state index in [9.17, 15) is 10.1 Å². The summed E-state index contributed by atoms with van der Waals surface area (Å²) >= 11 is 0. The van der Waals surface area contributed by atoms with Gasteiger partial charge in [0.05, 0.1) is 4.92 Å². The zero-order chi connectivity index (χ0) is 14.0. The summed E-state index contributed by atoms with van der Waals surface area (Å²) in [7, 11) is 0. The van der Waals surface area contributed by atoms with Crippen molar-refractivity contribution in [2.45, 2.75) is 33.2 Å². The van der Waals surface area contributed by atoms with E-state index in [-0.39, 0.29) is 16.7 Å². The second-order valence-electron chi connectivity index (χ2n) is 5.17. The SMILES string of the molecule is CCNc1ccc([N+](=O)[O-])c(N2CC(C)CC2C)n1. The van der Waals surface area contributed by atoms with Gasteiger partial charge >= 0.3 is 5.69 Å². The molecule has 0 bridgehead atoms. The topological polar surface area (TPSA) is 71.3 Å². The maximum Gasteiger partial charge on any atom is 0.311 e. The van der Waals surface area contributed by atoms with Crippen LogP contribution in [0.2, 0.25) is 0 Å². The van der Waals surface area contributed by atoms with Crippen LogP contribution in [0.4, 0.5) is 17.3 Å². The number of nitrogens with one attached hydrogen (secondary N) is 1. The molecule has 0 aliphatic carbocycles. The summed E-state index contributed by atoms with van der Waals surface area (Å²) in [5.74, 6) is 1.72. The molecule has 1 saturated heterocycles. The minimum atomic E-state index is -0.353. The number of nitro groups is 1. The molecule has 1 N–H and O–H groups in total. The molecule has 0 spiro atoms. The van der Waals surface area contributed by atoms with Gasteiger partial charge in [0.15, 0.2) is 0 Å². The first-order valence-corrected chi connectivity index (χ1v) is 6.68. The number of hydrogen-bond donors (Lipinski definition) is 1. The standard InChI is InChI=1S/C13H20N4O2/c1-4-14-12-6-5-11(17(18)19)13(15-12)16-8-9(2)7-10(16)3/h5-6,9-10H,4,7-8H2,1-3H3,(H,14,15). The maximum atomic E-state index is 11.2. The van der Waals surface area contributed by atoms with Crippen molar-refractivity contribution in [1.29, 1.82) is 0 Å². The quantitative estimate of drug-likeness (QED) is 0.668. The predicted octanol–water partition coefficient (Wildman–Crippen LogP) is 2.66. The highest BCUT2D eigenvalue weighted by atomic mass is 16.6. The molecule has 0 amide bonds. The highest BCUT2D eigenvalue weighted by molar-refractivity contribution is 5.62. The van der Waals surface area contributed by atoms with Gasteiger partial charge in [0.1, 0.15) is 5.82 Å². The van der Waals surface area contributed by atoms with Crippen molar-refractivity contribution < 1.29 is 4.92 Å². The molecule has 2 unspecified atom stereocenters. The number of hydrogen-bond acceptors (Lipinski definition) is 5. The van der Waals surface area contributed by atoms with Crippen LogP contribution < -0.4 is 10.2 Å². The van der Waals surface area contributed by atoms with Gasteiger partial charge in [-0.15, -0.1) is 0 Å². The van der Waals surface area contributed by atoms with Gasteiger partial charge in [-0.25, -0.2) is 4.98 Å². The lowest BCUT2D eigenvalue weighted by Crippen LogP contribution is -2.28. The molecule has 0 aromatic carbocycles. The van der Waals surface area contributed by atoms with E-state index in [0.717, 1.165) is 19.5 Å². The van der Waals surface area contributed by atoms with E-state index in [1.54, 1.807) is 6.07 Å². The third-order valence-corrected chi connectivity index (χ3v) is 3.47. The zero-order valence-electron chi connectivity index (χ0n) is 11.6. The van der Waals surface area contributed by atoms with Crippen molar-refractivity contribution in [1.82, 2.24) is 4.98 Å². The molecular formula is C13H20N4O2. The van der Waals surface area contributed by atoms with Gasteiger partial charge < -0.3 is 10.2 Å². The Balaban J connectivity index is 2.40. The molecule has 1 fully saturated rings. The Morgan fingerprint density at radius 1 is 1.53 bits per heavy atom. The minimum absolute atomic E-state index is 0.0857. The Morgan fingerprint density at radius 2 is 2.26 bits per heavy atom. The van der Waals surface area contributed by atoms with Gasteiger partial charge in [-0.1, -0.05) is 6.92 Å². The van der Waals surface area contributed by atoms with Crippen LogP contribution in [0.3, 0.4) is 0 Å². The van der Waals surface area contributed by atoms with Crippen LogP contribution in [0.25, 0.3) is 0 Å². The summed E-state index contributed by atoms with van der Waals surface area (Å²) in [4.78, 5) is 17.3. The van der Waals surface area contributed by atoms with Crippen LogP contribution in [0.15, 0.2) is 12.1 Å². The number of rotatable bonds is 4. The molecule has 0 radical (unpaired) electrons. The fraction of sp³-hybridized carbons (Fsp3) is 0.615. The summed E-state index contributed by atoms with van der Waals surface area (Å²) in [6.07, 6.45) is 1.05. The van der Waals surface area contributed by atoms with E-state index >= 15 is 0 Å². The second-order valence-corrected chi connectivity index (χ2v) is 5.17. The van der Waals surface area contributed by atoms with E-state index in [4.69, 9.17) is 0 Å². The zero-order valence-corrected chi connectivity index (χ0v) is 11.6. The Bertz CT molecular complexity index is 478. The first-order chi connectivity index (χ1) is 9.02. The maximum absolute atomic E-state index is 11.2. The molecule has 0 saturated carbocycles. The van der Waals surface area contributed by atoms with Crippen molar-refractivity contribution in [2.75, 3.05) is 23.3 Å². The Kier molecular flexibility index (Phi) is 3.87. The summed E-state index contributed by atoms with van der Waals surface area (Å²) < 4.78 is 0. The lowest BCUT2D eigenvalue weighted by molar-refractivity contribution is -0.384. The van der Waals surface area contributed by atoms with E-state index in [2.05, 4.69) is 24.1 Å². The Labute approximate surface area is 113 Å². The summed E-state index contributed by atoms with van der Waals surface area (Å²) in [6, 6.07) is 3.49. The smallest absolute Gasteiger partial charge is 0.311 e. The normalized spacial score (nSPS) is 22.6. The van der Waals surface area contributed by atoms with E-state index < -0.39 is 0 Å². The van der Waals surface area contributed by atoms with Crippen molar-refractivity contribution in [3.63, 3.8) is 0 Å². The van der Waals surface area contributed by atoms with Crippen LogP contribution in [-0.2, 0) is 0 Å². The first kappa shape index (κ1) is 13.6. The first-order valence-electron chi connectivity index (χ1n) is 6.68. The van der Waals surface area contributed by atoms with Crippen LogP contribution in [-0.4, -0.2) is 29.0 Å². The van der Waals surface area contributed by atoms with E-state index in [0.29, 0.717) is 17.6 Å². The Hall–Kier alpha value is -1.85. The number of nitrogens with zero attached hydrogens (tertiary/aromatic N) is 3. The van der Waals surface area contributed by atoms with Crippen molar-refractivity contribution in [3.05, 3.63) is 22.2 Å². The van der Waals surface area contributed by atoms with Crippen molar-refractivity contribution in [2.24, 2.45) is 5.92 Å². The predicted molar refractivity (Wildman–Crippen MR) is 75.6 cm³/mol. The highest BCUT2D eigenvalue weighted by Gasteiger charge is 2.32. The molecule has 19 heavy (non-hydrogen) atoms. The molecule has 1 aromatic rings. The van der Waals surface area contributed by atoms with Crippen molar-refractivity contribution >= 4 is 17.3 Å². The van der Waals surface area contributed by atoms with Gasteiger partial charge in [-0.05, 0) is 32.3 Å². The molecule has 2 heterocycles. The summed E-state index contributed by atoms with van der Waals surface area (Å²) in [5, 5.41) is 14.3. The van der Waals surface area contributed by atoms with Crippen LogP contribution in [0.1, 0.15) is 27.2 Å². The second kappa shape index (κ2) is 5.42. The van der Waals surface area contributed by atoms with E-state index in [1.807, 2.05) is 11.8 Å². The van der Waals surface area contributed by atoms with Gasteiger partial charge in [0, 0.05) is 25.2 Å².